The number of hydrogen-bond donors (Lipinski definition) is 1. The van der Waals surface area contributed by atoms with Crippen molar-refractivity contribution in [1.29, 1.82) is 0 Å². The molecule has 1 aromatic carbocycles. The number of hydrogen-bond acceptors (Lipinski definition) is 3. The number of aromatic nitrogens is 2. The van der Waals surface area contributed by atoms with E-state index < -0.39 is 0 Å². The first-order valence-electron chi connectivity index (χ1n) is 5.53. The molecular formula is C13H14FN3. The second-order valence-electron chi connectivity index (χ2n) is 3.77. The molecule has 0 aliphatic rings. The van der Waals surface area contributed by atoms with Crippen LogP contribution < -0.4 is 5.73 Å². The fourth-order valence-corrected chi connectivity index (χ4v) is 1.67. The molecule has 1 heterocycles. The molecule has 2 rings (SSSR count). The van der Waals surface area contributed by atoms with Crippen molar-refractivity contribution in [3.05, 3.63) is 59.4 Å². The zero-order chi connectivity index (χ0) is 12.1. The van der Waals surface area contributed by atoms with Gasteiger partial charge in [-0.05, 0) is 18.4 Å². The summed E-state index contributed by atoms with van der Waals surface area (Å²) in [5.41, 5.74) is 7.28. The van der Waals surface area contributed by atoms with Crippen LogP contribution in [0.3, 0.4) is 0 Å². The summed E-state index contributed by atoms with van der Waals surface area (Å²) in [5.74, 6) is -0.370. The van der Waals surface area contributed by atoms with E-state index in [4.69, 9.17) is 5.73 Å². The normalized spacial score (nSPS) is 10.5. The molecule has 0 aliphatic carbocycles. The minimum Gasteiger partial charge on any atom is -0.325 e. The molecule has 0 unspecified atom stereocenters. The molecule has 2 N–H and O–H groups in total. The Morgan fingerprint density at radius 1 is 1.00 bits per heavy atom. The van der Waals surface area contributed by atoms with Gasteiger partial charge in [-0.25, -0.2) is 14.4 Å². The summed E-state index contributed by atoms with van der Waals surface area (Å²) in [5, 5.41) is 0. The maximum atomic E-state index is 13.8. The molecule has 1 aromatic heterocycles. The van der Waals surface area contributed by atoms with Gasteiger partial charge in [-0.3, -0.25) is 0 Å². The monoisotopic (exact) mass is 231 g/mol. The van der Waals surface area contributed by atoms with Crippen LogP contribution in [0, 0.1) is 5.82 Å². The van der Waals surface area contributed by atoms with Crippen molar-refractivity contribution < 1.29 is 4.39 Å². The fraction of sp³-hybridized carbons (Fsp3) is 0.231. The Kier molecular flexibility index (Phi) is 3.77. The average Bonchev–Trinajstić information content (AvgIpc) is 2.39. The predicted molar refractivity (Wildman–Crippen MR) is 63.7 cm³/mol. The van der Waals surface area contributed by atoms with Crippen LogP contribution in [0.1, 0.15) is 17.0 Å². The van der Waals surface area contributed by atoms with Gasteiger partial charge in [0, 0.05) is 6.54 Å². The lowest BCUT2D eigenvalue weighted by molar-refractivity contribution is 0.568. The summed E-state index contributed by atoms with van der Waals surface area (Å²) in [4.78, 5) is 7.76. The van der Waals surface area contributed by atoms with Crippen LogP contribution in [-0.2, 0) is 19.4 Å². The van der Waals surface area contributed by atoms with Crippen LogP contribution in [-0.4, -0.2) is 9.97 Å². The Labute approximate surface area is 99.5 Å². The van der Waals surface area contributed by atoms with E-state index in [1.165, 1.54) is 11.9 Å². The molecule has 88 valence electrons. The molecule has 0 atom stereocenters. The summed E-state index contributed by atoms with van der Waals surface area (Å²) in [6.07, 6.45) is 2.69. The van der Waals surface area contributed by atoms with E-state index in [-0.39, 0.29) is 18.1 Å². The Morgan fingerprint density at radius 3 is 2.41 bits per heavy atom. The lowest BCUT2D eigenvalue weighted by Gasteiger charge is -2.05. The summed E-state index contributed by atoms with van der Waals surface area (Å²) in [7, 11) is 0. The number of nitrogens with two attached hydrogens (primary N) is 1. The van der Waals surface area contributed by atoms with Gasteiger partial charge in [-0.15, -0.1) is 0 Å². The molecule has 0 bridgehead atoms. The Hall–Kier alpha value is -1.81. The van der Waals surface area contributed by atoms with Gasteiger partial charge >= 0.3 is 0 Å². The zero-order valence-corrected chi connectivity index (χ0v) is 9.44. The van der Waals surface area contributed by atoms with E-state index >= 15 is 0 Å². The van der Waals surface area contributed by atoms with Crippen molar-refractivity contribution >= 4 is 0 Å². The third kappa shape index (κ3) is 2.85. The maximum absolute atomic E-state index is 13.8. The Balaban J connectivity index is 2.09. The molecule has 0 saturated carbocycles. The number of nitrogens with zero attached hydrogens (tertiary/aromatic N) is 2. The van der Waals surface area contributed by atoms with Gasteiger partial charge in [0.25, 0.3) is 0 Å². The summed E-state index contributed by atoms with van der Waals surface area (Å²) in [6.45, 7) is 0.104. The van der Waals surface area contributed by atoms with Gasteiger partial charge in [0.2, 0.25) is 0 Å². The highest BCUT2D eigenvalue weighted by Crippen LogP contribution is 2.10. The van der Waals surface area contributed by atoms with Gasteiger partial charge in [-0.1, -0.05) is 30.3 Å². The third-order valence-corrected chi connectivity index (χ3v) is 2.62. The van der Waals surface area contributed by atoms with Crippen molar-refractivity contribution in [2.75, 3.05) is 0 Å². The second kappa shape index (κ2) is 5.50. The minimum atomic E-state index is -0.370. The first-order chi connectivity index (χ1) is 8.31. The van der Waals surface area contributed by atoms with Crippen molar-refractivity contribution in [3.8, 4) is 0 Å². The number of halogens is 1. The van der Waals surface area contributed by atoms with E-state index in [2.05, 4.69) is 9.97 Å². The van der Waals surface area contributed by atoms with Gasteiger partial charge in [0.15, 0.2) is 5.82 Å². The van der Waals surface area contributed by atoms with Crippen LogP contribution >= 0.6 is 0 Å². The van der Waals surface area contributed by atoms with E-state index in [1.807, 2.05) is 30.3 Å². The molecule has 0 radical (unpaired) electrons. The quantitative estimate of drug-likeness (QED) is 0.873. The smallest absolute Gasteiger partial charge is 0.167 e. The number of benzene rings is 1. The summed E-state index contributed by atoms with van der Waals surface area (Å²) >= 11 is 0. The first-order valence-corrected chi connectivity index (χ1v) is 5.53. The molecule has 0 aliphatic heterocycles. The lowest BCUT2D eigenvalue weighted by Crippen LogP contribution is -2.08. The second-order valence-corrected chi connectivity index (χ2v) is 3.77. The van der Waals surface area contributed by atoms with E-state index in [0.29, 0.717) is 12.1 Å². The van der Waals surface area contributed by atoms with Gasteiger partial charge < -0.3 is 5.73 Å². The molecular weight excluding hydrogens is 217 g/mol. The molecule has 2 aromatic rings. The maximum Gasteiger partial charge on any atom is 0.167 e. The summed E-state index contributed by atoms with van der Waals surface area (Å²) < 4.78 is 13.8. The van der Waals surface area contributed by atoms with Gasteiger partial charge in [-0.2, -0.15) is 0 Å². The summed E-state index contributed by atoms with van der Waals surface area (Å²) in [6, 6.07) is 9.93. The van der Waals surface area contributed by atoms with Crippen LogP contribution in [0.25, 0.3) is 0 Å². The van der Waals surface area contributed by atoms with Gasteiger partial charge in [0.1, 0.15) is 6.33 Å². The fourth-order valence-electron chi connectivity index (χ4n) is 1.67. The SMILES string of the molecule is NCc1ncnc(CCc2ccccc2)c1F. The van der Waals surface area contributed by atoms with Gasteiger partial charge in [0.05, 0.1) is 11.4 Å². The average molecular weight is 231 g/mol. The molecule has 0 amide bonds. The van der Waals surface area contributed by atoms with Crippen molar-refractivity contribution in [2.24, 2.45) is 5.73 Å². The predicted octanol–water partition coefficient (Wildman–Crippen LogP) is 1.86. The highest BCUT2D eigenvalue weighted by molar-refractivity contribution is 5.18. The Morgan fingerprint density at radius 2 is 1.71 bits per heavy atom. The molecule has 0 fully saturated rings. The topological polar surface area (TPSA) is 51.8 Å². The highest BCUT2D eigenvalue weighted by atomic mass is 19.1. The van der Waals surface area contributed by atoms with Crippen molar-refractivity contribution in [2.45, 2.75) is 19.4 Å². The molecule has 17 heavy (non-hydrogen) atoms. The number of aryl methyl sites for hydroxylation is 2. The Bertz CT molecular complexity index is 485. The molecule has 0 spiro atoms. The molecule has 3 nitrogen and oxygen atoms in total. The van der Waals surface area contributed by atoms with Crippen LogP contribution in [0.2, 0.25) is 0 Å². The number of rotatable bonds is 4. The largest absolute Gasteiger partial charge is 0.325 e. The van der Waals surface area contributed by atoms with Crippen LogP contribution in [0.4, 0.5) is 4.39 Å². The third-order valence-electron chi connectivity index (χ3n) is 2.62. The van der Waals surface area contributed by atoms with Crippen LogP contribution in [0.5, 0.6) is 0 Å². The standard InChI is InChI=1S/C13H14FN3/c14-13-11(16-9-17-12(13)8-15)7-6-10-4-2-1-3-5-10/h1-5,9H,6-8,15H2. The highest BCUT2D eigenvalue weighted by Gasteiger charge is 2.09. The van der Waals surface area contributed by atoms with E-state index in [9.17, 15) is 4.39 Å². The van der Waals surface area contributed by atoms with Crippen LogP contribution in [0.15, 0.2) is 36.7 Å². The minimum absolute atomic E-state index is 0.104. The molecule has 4 heteroatoms. The first kappa shape index (κ1) is 11.7. The van der Waals surface area contributed by atoms with Crippen molar-refractivity contribution in [1.82, 2.24) is 9.97 Å². The molecule has 0 saturated heterocycles. The van der Waals surface area contributed by atoms with E-state index in [0.717, 1.165) is 6.42 Å². The van der Waals surface area contributed by atoms with E-state index in [1.54, 1.807) is 0 Å². The zero-order valence-electron chi connectivity index (χ0n) is 9.44. The van der Waals surface area contributed by atoms with Crippen molar-refractivity contribution in [3.63, 3.8) is 0 Å². The lowest BCUT2D eigenvalue weighted by atomic mass is 10.1.